The molecule has 0 aliphatic heterocycles. The van der Waals surface area contributed by atoms with Gasteiger partial charge in [0.25, 0.3) is 0 Å². The van der Waals surface area contributed by atoms with Crippen molar-refractivity contribution in [1.29, 1.82) is 0 Å². The fourth-order valence-corrected chi connectivity index (χ4v) is 1.71. The SMILES string of the molecule is CC(C)n1ccc(-c2c(F)cccc2OC(F)F)n1. The first-order valence-electron chi connectivity index (χ1n) is 5.78. The van der Waals surface area contributed by atoms with Crippen molar-refractivity contribution in [3.05, 3.63) is 36.3 Å². The lowest BCUT2D eigenvalue weighted by Gasteiger charge is -2.10. The van der Waals surface area contributed by atoms with Gasteiger partial charge in [-0.1, -0.05) is 6.07 Å². The molecular formula is C13H13F3N2O. The normalized spacial score (nSPS) is 11.3. The first-order chi connectivity index (χ1) is 8.99. The van der Waals surface area contributed by atoms with E-state index in [-0.39, 0.29) is 23.0 Å². The highest BCUT2D eigenvalue weighted by Gasteiger charge is 2.17. The molecule has 102 valence electrons. The topological polar surface area (TPSA) is 27.1 Å². The number of rotatable bonds is 4. The molecule has 2 aromatic rings. The van der Waals surface area contributed by atoms with Gasteiger partial charge in [0.2, 0.25) is 0 Å². The van der Waals surface area contributed by atoms with Crippen LogP contribution >= 0.6 is 0 Å². The lowest BCUT2D eigenvalue weighted by Crippen LogP contribution is -2.05. The van der Waals surface area contributed by atoms with Crippen LogP contribution in [0.5, 0.6) is 5.75 Å². The van der Waals surface area contributed by atoms with Crippen LogP contribution in [0.15, 0.2) is 30.5 Å². The fraction of sp³-hybridized carbons (Fsp3) is 0.308. The standard InChI is InChI=1S/C13H13F3N2O/c1-8(2)18-7-6-10(17-18)12-9(14)4-3-5-11(12)19-13(15)16/h3-8,13H,1-2H3. The molecule has 1 aromatic carbocycles. The molecule has 2 rings (SSSR count). The van der Waals surface area contributed by atoms with E-state index in [1.807, 2.05) is 13.8 Å². The number of nitrogens with zero attached hydrogens (tertiary/aromatic N) is 2. The molecule has 0 aliphatic rings. The van der Waals surface area contributed by atoms with Crippen LogP contribution in [-0.4, -0.2) is 16.4 Å². The Morgan fingerprint density at radius 3 is 2.53 bits per heavy atom. The Balaban J connectivity index is 2.47. The summed E-state index contributed by atoms with van der Waals surface area (Å²) in [6, 6.07) is 5.45. The fourth-order valence-electron chi connectivity index (χ4n) is 1.71. The zero-order valence-electron chi connectivity index (χ0n) is 10.5. The highest BCUT2D eigenvalue weighted by atomic mass is 19.3. The van der Waals surface area contributed by atoms with Crippen molar-refractivity contribution >= 4 is 0 Å². The minimum Gasteiger partial charge on any atom is -0.434 e. The minimum absolute atomic E-state index is 0.0535. The zero-order valence-corrected chi connectivity index (χ0v) is 10.5. The van der Waals surface area contributed by atoms with Gasteiger partial charge in [0, 0.05) is 12.2 Å². The summed E-state index contributed by atoms with van der Waals surface area (Å²) in [5.41, 5.74) is 0.213. The van der Waals surface area contributed by atoms with Crippen molar-refractivity contribution < 1.29 is 17.9 Å². The predicted octanol–water partition coefficient (Wildman–Crippen LogP) is 3.87. The van der Waals surface area contributed by atoms with E-state index in [9.17, 15) is 13.2 Å². The number of benzene rings is 1. The molecule has 3 nitrogen and oxygen atoms in total. The molecule has 0 saturated carbocycles. The third-order valence-corrected chi connectivity index (χ3v) is 2.59. The van der Waals surface area contributed by atoms with Crippen LogP contribution in [0.2, 0.25) is 0 Å². The minimum atomic E-state index is -3.01. The Labute approximate surface area is 108 Å². The number of hydrogen-bond donors (Lipinski definition) is 0. The van der Waals surface area contributed by atoms with Crippen LogP contribution in [0.3, 0.4) is 0 Å². The molecule has 0 saturated heterocycles. The van der Waals surface area contributed by atoms with E-state index in [2.05, 4.69) is 9.84 Å². The second kappa shape index (κ2) is 5.34. The monoisotopic (exact) mass is 270 g/mol. The summed E-state index contributed by atoms with van der Waals surface area (Å²) in [5.74, 6) is -0.865. The van der Waals surface area contributed by atoms with Crippen LogP contribution in [-0.2, 0) is 0 Å². The van der Waals surface area contributed by atoms with Crippen molar-refractivity contribution in [1.82, 2.24) is 9.78 Å². The van der Waals surface area contributed by atoms with E-state index in [1.54, 1.807) is 16.9 Å². The van der Waals surface area contributed by atoms with Crippen molar-refractivity contribution in [3.63, 3.8) is 0 Å². The molecule has 0 atom stereocenters. The van der Waals surface area contributed by atoms with Gasteiger partial charge in [0.1, 0.15) is 11.6 Å². The average Bonchev–Trinajstić information content (AvgIpc) is 2.77. The molecule has 1 aromatic heterocycles. The van der Waals surface area contributed by atoms with Gasteiger partial charge in [-0.15, -0.1) is 0 Å². The molecule has 0 bridgehead atoms. The Morgan fingerprint density at radius 2 is 1.95 bits per heavy atom. The molecule has 0 fully saturated rings. The third-order valence-electron chi connectivity index (χ3n) is 2.59. The predicted molar refractivity (Wildman–Crippen MR) is 64.6 cm³/mol. The van der Waals surface area contributed by atoms with Crippen molar-refractivity contribution in [2.45, 2.75) is 26.5 Å². The summed E-state index contributed by atoms with van der Waals surface area (Å²) < 4.78 is 44.4. The molecule has 0 radical (unpaired) electrons. The summed E-state index contributed by atoms with van der Waals surface area (Å²) in [5, 5.41) is 4.16. The van der Waals surface area contributed by atoms with Crippen molar-refractivity contribution in [3.8, 4) is 17.0 Å². The van der Waals surface area contributed by atoms with Gasteiger partial charge in [0.15, 0.2) is 0 Å². The van der Waals surface area contributed by atoms with Gasteiger partial charge in [-0.05, 0) is 32.0 Å². The average molecular weight is 270 g/mol. The molecule has 0 amide bonds. The number of alkyl halides is 2. The molecule has 0 N–H and O–H groups in total. The summed E-state index contributed by atoms with van der Waals surface area (Å²) >= 11 is 0. The van der Waals surface area contributed by atoms with Crippen molar-refractivity contribution in [2.24, 2.45) is 0 Å². The number of aromatic nitrogens is 2. The van der Waals surface area contributed by atoms with Crippen LogP contribution < -0.4 is 4.74 Å². The van der Waals surface area contributed by atoms with E-state index in [0.29, 0.717) is 0 Å². The van der Waals surface area contributed by atoms with Crippen LogP contribution in [0.4, 0.5) is 13.2 Å². The molecule has 19 heavy (non-hydrogen) atoms. The lowest BCUT2D eigenvalue weighted by atomic mass is 10.1. The summed E-state index contributed by atoms with van der Waals surface area (Å²) in [6.45, 7) is 0.816. The third kappa shape index (κ3) is 2.89. The lowest BCUT2D eigenvalue weighted by molar-refractivity contribution is -0.0495. The maximum atomic E-state index is 13.8. The quantitative estimate of drug-likeness (QED) is 0.843. The maximum absolute atomic E-state index is 13.8. The van der Waals surface area contributed by atoms with Gasteiger partial charge in [-0.25, -0.2) is 4.39 Å². The molecule has 0 unspecified atom stereocenters. The van der Waals surface area contributed by atoms with E-state index in [0.717, 1.165) is 0 Å². The van der Waals surface area contributed by atoms with E-state index < -0.39 is 12.4 Å². The van der Waals surface area contributed by atoms with Crippen LogP contribution in [0.25, 0.3) is 11.3 Å². The maximum Gasteiger partial charge on any atom is 0.387 e. The van der Waals surface area contributed by atoms with Crippen molar-refractivity contribution in [2.75, 3.05) is 0 Å². The Morgan fingerprint density at radius 1 is 1.21 bits per heavy atom. The van der Waals surface area contributed by atoms with Gasteiger partial charge in [-0.2, -0.15) is 13.9 Å². The van der Waals surface area contributed by atoms with Gasteiger partial charge in [0.05, 0.1) is 11.3 Å². The Kier molecular flexibility index (Phi) is 3.78. The molecule has 6 heteroatoms. The Bertz CT molecular complexity index is 567. The highest BCUT2D eigenvalue weighted by molar-refractivity contribution is 5.67. The summed E-state index contributed by atoms with van der Waals surface area (Å²) in [4.78, 5) is 0. The number of halogens is 3. The first kappa shape index (κ1) is 13.5. The molecule has 0 aliphatic carbocycles. The summed E-state index contributed by atoms with van der Waals surface area (Å²) in [6.07, 6.45) is 1.67. The number of hydrogen-bond acceptors (Lipinski definition) is 2. The van der Waals surface area contributed by atoms with Crippen LogP contribution in [0, 0.1) is 5.82 Å². The van der Waals surface area contributed by atoms with Crippen LogP contribution in [0.1, 0.15) is 19.9 Å². The smallest absolute Gasteiger partial charge is 0.387 e. The van der Waals surface area contributed by atoms with E-state index >= 15 is 0 Å². The molecule has 0 spiro atoms. The molecular weight excluding hydrogens is 257 g/mol. The van der Waals surface area contributed by atoms with E-state index in [1.165, 1.54) is 18.2 Å². The molecule has 1 heterocycles. The summed E-state index contributed by atoms with van der Waals surface area (Å²) in [7, 11) is 0. The second-order valence-electron chi connectivity index (χ2n) is 4.27. The van der Waals surface area contributed by atoms with Gasteiger partial charge < -0.3 is 4.74 Å². The second-order valence-corrected chi connectivity index (χ2v) is 4.27. The first-order valence-corrected chi connectivity index (χ1v) is 5.78. The Hall–Kier alpha value is -1.98. The van der Waals surface area contributed by atoms with E-state index in [4.69, 9.17) is 0 Å². The van der Waals surface area contributed by atoms with Gasteiger partial charge in [-0.3, -0.25) is 4.68 Å². The zero-order chi connectivity index (χ0) is 14.0. The van der Waals surface area contributed by atoms with Gasteiger partial charge >= 0.3 is 6.61 Å². The highest BCUT2D eigenvalue weighted by Crippen LogP contribution is 2.32. The largest absolute Gasteiger partial charge is 0.434 e. The number of ether oxygens (including phenoxy) is 1.